The highest BCUT2D eigenvalue weighted by molar-refractivity contribution is 6.06. The van der Waals surface area contributed by atoms with Crippen LogP contribution in [0, 0.1) is 0 Å². The third-order valence-corrected chi connectivity index (χ3v) is 4.16. The first-order valence-corrected chi connectivity index (χ1v) is 7.54. The minimum atomic E-state index is 0.463. The number of benzene rings is 2. The van der Waals surface area contributed by atoms with Crippen LogP contribution in [0.5, 0.6) is 0 Å². The normalized spacial score (nSPS) is 11.3. The van der Waals surface area contributed by atoms with E-state index in [1.807, 2.05) is 36.7 Å². The smallest absolute Gasteiger partial charge is 0.152 e. The number of anilines is 1. The maximum atomic E-state index is 6.08. The highest BCUT2D eigenvalue weighted by Crippen LogP contribution is 2.27. The molecule has 2 aromatic heterocycles. The Morgan fingerprint density at radius 1 is 0.957 bits per heavy atom. The van der Waals surface area contributed by atoms with Crippen LogP contribution in [0.15, 0.2) is 54.9 Å². The molecular weight excluding hydrogens is 286 g/mol. The molecule has 0 spiro atoms. The van der Waals surface area contributed by atoms with Crippen LogP contribution < -0.4 is 11.5 Å². The van der Waals surface area contributed by atoms with Crippen LogP contribution in [0.3, 0.4) is 0 Å². The Balaban J connectivity index is 1.94. The van der Waals surface area contributed by atoms with Gasteiger partial charge in [-0.3, -0.25) is 0 Å². The van der Waals surface area contributed by atoms with Crippen LogP contribution in [-0.2, 0) is 13.1 Å². The quantitative estimate of drug-likeness (QED) is 0.609. The molecule has 2 heterocycles. The summed E-state index contributed by atoms with van der Waals surface area (Å²) in [6, 6.07) is 16.2. The predicted molar refractivity (Wildman–Crippen MR) is 92.9 cm³/mol. The van der Waals surface area contributed by atoms with E-state index in [2.05, 4.69) is 32.7 Å². The van der Waals surface area contributed by atoms with Gasteiger partial charge in [0.05, 0.1) is 17.4 Å². The van der Waals surface area contributed by atoms with Gasteiger partial charge >= 0.3 is 0 Å². The van der Waals surface area contributed by atoms with Crippen molar-refractivity contribution in [1.82, 2.24) is 14.5 Å². The number of rotatable bonds is 3. The molecule has 4 rings (SSSR count). The van der Waals surface area contributed by atoms with E-state index in [1.54, 1.807) is 0 Å². The van der Waals surface area contributed by atoms with Gasteiger partial charge in [0.2, 0.25) is 0 Å². The molecule has 5 heteroatoms. The van der Waals surface area contributed by atoms with Crippen molar-refractivity contribution >= 4 is 27.8 Å². The molecule has 0 fully saturated rings. The van der Waals surface area contributed by atoms with Crippen LogP contribution in [-0.4, -0.2) is 14.5 Å². The topological polar surface area (TPSA) is 82.8 Å². The zero-order valence-corrected chi connectivity index (χ0v) is 12.6. The van der Waals surface area contributed by atoms with Crippen molar-refractivity contribution in [3.63, 3.8) is 0 Å². The Labute approximate surface area is 133 Å². The lowest BCUT2D eigenvalue weighted by atomic mass is 10.1. The third kappa shape index (κ3) is 2.22. The second kappa shape index (κ2) is 5.37. The molecule has 0 atom stereocenters. The first kappa shape index (κ1) is 13.7. The van der Waals surface area contributed by atoms with Crippen LogP contribution in [0.2, 0.25) is 0 Å². The fourth-order valence-corrected chi connectivity index (χ4v) is 3.02. The Kier molecular flexibility index (Phi) is 3.20. The number of hydrogen-bond acceptors (Lipinski definition) is 4. The average molecular weight is 303 g/mol. The minimum absolute atomic E-state index is 0.463. The molecule has 0 unspecified atom stereocenters. The summed E-state index contributed by atoms with van der Waals surface area (Å²) in [6.07, 6.45) is 1.82. The van der Waals surface area contributed by atoms with Gasteiger partial charge in [-0.1, -0.05) is 42.5 Å². The molecule has 5 nitrogen and oxygen atoms in total. The number of nitrogens with zero attached hydrogens (tertiary/aromatic N) is 3. The number of nitrogens with two attached hydrogens (primary N) is 2. The van der Waals surface area contributed by atoms with Crippen molar-refractivity contribution in [3.05, 3.63) is 66.0 Å². The van der Waals surface area contributed by atoms with Crippen LogP contribution in [0.1, 0.15) is 11.1 Å². The van der Waals surface area contributed by atoms with E-state index in [4.69, 9.17) is 11.5 Å². The SMILES string of the molecule is NCc1ccccc1Cn1cnc2c(N)nc3ccccc3c21. The zero-order valence-electron chi connectivity index (χ0n) is 12.6. The average Bonchev–Trinajstić information content (AvgIpc) is 3.00. The maximum Gasteiger partial charge on any atom is 0.152 e. The molecule has 0 aliphatic rings. The van der Waals surface area contributed by atoms with Crippen molar-refractivity contribution in [3.8, 4) is 0 Å². The number of nitrogen functional groups attached to an aromatic ring is 1. The fourth-order valence-electron chi connectivity index (χ4n) is 3.02. The molecule has 4 aromatic rings. The van der Waals surface area contributed by atoms with E-state index >= 15 is 0 Å². The Hall–Kier alpha value is -2.92. The zero-order chi connectivity index (χ0) is 15.8. The Bertz CT molecular complexity index is 1000. The van der Waals surface area contributed by atoms with Gasteiger partial charge in [-0.15, -0.1) is 0 Å². The number of aromatic nitrogens is 3. The number of para-hydroxylation sites is 1. The van der Waals surface area contributed by atoms with Crippen LogP contribution in [0.25, 0.3) is 21.9 Å². The highest BCUT2D eigenvalue weighted by Gasteiger charge is 2.12. The molecule has 2 aromatic carbocycles. The molecule has 0 aliphatic carbocycles. The predicted octanol–water partition coefficient (Wildman–Crippen LogP) is 2.67. The number of hydrogen-bond donors (Lipinski definition) is 2. The van der Waals surface area contributed by atoms with Gasteiger partial charge in [-0.25, -0.2) is 9.97 Å². The summed E-state index contributed by atoms with van der Waals surface area (Å²) in [5, 5.41) is 1.06. The lowest BCUT2D eigenvalue weighted by Crippen LogP contribution is -2.06. The van der Waals surface area contributed by atoms with Gasteiger partial charge in [-0.2, -0.15) is 0 Å². The second-order valence-electron chi connectivity index (χ2n) is 5.56. The molecule has 0 saturated heterocycles. The first-order chi connectivity index (χ1) is 11.3. The summed E-state index contributed by atoms with van der Waals surface area (Å²) in [6.45, 7) is 1.23. The van der Waals surface area contributed by atoms with Gasteiger partial charge in [-0.05, 0) is 17.2 Å². The van der Waals surface area contributed by atoms with Crippen molar-refractivity contribution < 1.29 is 0 Å². The molecule has 0 saturated carbocycles. The van der Waals surface area contributed by atoms with E-state index in [0.29, 0.717) is 18.9 Å². The van der Waals surface area contributed by atoms with Gasteiger partial charge < -0.3 is 16.0 Å². The first-order valence-electron chi connectivity index (χ1n) is 7.54. The van der Waals surface area contributed by atoms with Gasteiger partial charge in [0.25, 0.3) is 0 Å². The van der Waals surface area contributed by atoms with Crippen molar-refractivity contribution in [1.29, 1.82) is 0 Å². The third-order valence-electron chi connectivity index (χ3n) is 4.16. The number of pyridine rings is 1. The fraction of sp³-hybridized carbons (Fsp3) is 0.111. The monoisotopic (exact) mass is 303 g/mol. The van der Waals surface area contributed by atoms with E-state index in [0.717, 1.165) is 27.5 Å². The largest absolute Gasteiger partial charge is 0.382 e. The Morgan fingerprint density at radius 3 is 2.52 bits per heavy atom. The summed E-state index contributed by atoms with van der Waals surface area (Å²) in [4.78, 5) is 8.90. The number of fused-ring (bicyclic) bond motifs is 3. The summed E-state index contributed by atoms with van der Waals surface area (Å²) >= 11 is 0. The highest BCUT2D eigenvalue weighted by atomic mass is 15.1. The van der Waals surface area contributed by atoms with Crippen LogP contribution >= 0.6 is 0 Å². The molecule has 114 valence electrons. The maximum absolute atomic E-state index is 6.08. The summed E-state index contributed by atoms with van der Waals surface area (Å²) in [5.41, 5.74) is 16.9. The molecule has 4 N–H and O–H groups in total. The standard InChI is InChI=1S/C18H17N5/c19-9-12-5-1-2-6-13(12)10-23-11-21-16-17(23)14-7-3-4-8-15(14)22-18(16)20/h1-8,11H,9-10,19H2,(H2,20,22). The molecule has 0 bridgehead atoms. The van der Waals surface area contributed by atoms with Crippen molar-refractivity contribution in [2.45, 2.75) is 13.1 Å². The van der Waals surface area contributed by atoms with Crippen molar-refractivity contribution in [2.75, 3.05) is 5.73 Å². The summed E-state index contributed by atoms with van der Waals surface area (Å²) in [5.74, 6) is 0.463. The Morgan fingerprint density at radius 2 is 1.70 bits per heavy atom. The molecule has 0 aliphatic heterocycles. The van der Waals surface area contributed by atoms with Crippen molar-refractivity contribution in [2.24, 2.45) is 5.73 Å². The number of imidazole rings is 1. The van der Waals surface area contributed by atoms with Gasteiger partial charge in [0, 0.05) is 18.5 Å². The lowest BCUT2D eigenvalue weighted by molar-refractivity contribution is 0.811. The summed E-state index contributed by atoms with van der Waals surface area (Å²) < 4.78 is 2.12. The molecular formula is C18H17N5. The summed E-state index contributed by atoms with van der Waals surface area (Å²) in [7, 11) is 0. The minimum Gasteiger partial charge on any atom is -0.382 e. The van der Waals surface area contributed by atoms with E-state index in [9.17, 15) is 0 Å². The van der Waals surface area contributed by atoms with E-state index in [-0.39, 0.29) is 0 Å². The second-order valence-corrected chi connectivity index (χ2v) is 5.56. The van der Waals surface area contributed by atoms with E-state index in [1.165, 1.54) is 5.56 Å². The van der Waals surface area contributed by atoms with E-state index < -0.39 is 0 Å². The van der Waals surface area contributed by atoms with Gasteiger partial charge in [0.1, 0.15) is 5.52 Å². The molecule has 0 amide bonds. The lowest BCUT2D eigenvalue weighted by Gasteiger charge is -2.11. The molecule has 0 radical (unpaired) electrons. The van der Waals surface area contributed by atoms with Crippen LogP contribution in [0.4, 0.5) is 5.82 Å². The van der Waals surface area contributed by atoms with Gasteiger partial charge in [0.15, 0.2) is 5.82 Å². The molecule has 23 heavy (non-hydrogen) atoms.